The van der Waals surface area contributed by atoms with Crippen LogP contribution in [0.1, 0.15) is 30.0 Å². The van der Waals surface area contributed by atoms with Crippen LogP contribution in [0.3, 0.4) is 0 Å². The minimum absolute atomic E-state index is 0.139. The van der Waals surface area contributed by atoms with Crippen LogP contribution in [0.15, 0.2) is 23.7 Å². The maximum atomic E-state index is 10.5. The molecule has 1 aliphatic rings. The van der Waals surface area contributed by atoms with Gasteiger partial charge in [-0.1, -0.05) is 6.07 Å². The van der Waals surface area contributed by atoms with Gasteiger partial charge in [-0.3, -0.25) is 9.99 Å². The maximum Gasteiger partial charge on any atom is 0.0767 e. The van der Waals surface area contributed by atoms with E-state index in [1.165, 1.54) is 0 Å². The molecule has 0 radical (unpaired) electrons. The summed E-state index contributed by atoms with van der Waals surface area (Å²) in [4.78, 5) is 14.7. The van der Waals surface area contributed by atoms with Gasteiger partial charge in [-0.15, -0.1) is 4.91 Å². The Morgan fingerprint density at radius 2 is 2.43 bits per heavy atom. The molecule has 0 aromatic carbocycles. The summed E-state index contributed by atoms with van der Waals surface area (Å²) in [6.07, 6.45) is 5.67. The Labute approximate surface area is 82.9 Å². The van der Waals surface area contributed by atoms with Crippen molar-refractivity contribution in [2.24, 2.45) is 5.29 Å². The van der Waals surface area contributed by atoms with Crippen molar-refractivity contribution >= 4 is 0 Å². The van der Waals surface area contributed by atoms with E-state index in [2.05, 4.69) is 16.3 Å². The van der Waals surface area contributed by atoms with E-state index >= 15 is 0 Å². The summed E-state index contributed by atoms with van der Waals surface area (Å²) in [6, 6.07) is 2.21. The fraction of sp³-hybridized carbons (Fsp3) is 0.500. The lowest BCUT2D eigenvalue weighted by molar-refractivity contribution is 0.266. The van der Waals surface area contributed by atoms with Gasteiger partial charge < -0.3 is 0 Å². The van der Waals surface area contributed by atoms with Crippen LogP contribution >= 0.6 is 0 Å². The van der Waals surface area contributed by atoms with Crippen LogP contribution in [0.25, 0.3) is 0 Å². The molecule has 1 unspecified atom stereocenters. The molecule has 1 fully saturated rings. The topological polar surface area (TPSA) is 45.6 Å². The predicted molar refractivity (Wildman–Crippen MR) is 53.5 cm³/mol. The zero-order valence-electron chi connectivity index (χ0n) is 8.18. The van der Waals surface area contributed by atoms with E-state index in [0.29, 0.717) is 0 Å². The number of rotatable bonds is 2. The Kier molecular flexibility index (Phi) is 2.43. The molecule has 1 aliphatic heterocycles. The summed E-state index contributed by atoms with van der Waals surface area (Å²) in [5.74, 6) is 0. The van der Waals surface area contributed by atoms with Crippen LogP contribution in [-0.4, -0.2) is 16.5 Å². The minimum Gasteiger partial charge on any atom is -0.264 e. The molecule has 1 aromatic heterocycles. The third-order valence-electron chi connectivity index (χ3n) is 2.61. The zero-order chi connectivity index (χ0) is 9.97. The lowest BCUT2D eigenvalue weighted by atomic mass is 10.1. The monoisotopic (exact) mass is 191 g/mol. The van der Waals surface area contributed by atoms with E-state index in [1.807, 2.05) is 19.3 Å². The summed E-state index contributed by atoms with van der Waals surface area (Å²) in [5.41, 5.74) is 2.22. The molecule has 0 saturated carbocycles. The molecule has 1 aromatic rings. The SMILES string of the molecule is Cc1cncc(C2CCCN2N=O)c1. The first kappa shape index (κ1) is 9.12. The van der Waals surface area contributed by atoms with Crippen molar-refractivity contribution in [3.05, 3.63) is 34.5 Å². The molecule has 0 bridgehead atoms. The van der Waals surface area contributed by atoms with E-state index in [-0.39, 0.29) is 6.04 Å². The normalized spacial score (nSPS) is 21.2. The highest BCUT2D eigenvalue weighted by Crippen LogP contribution is 2.31. The Balaban J connectivity index is 2.25. The molecule has 0 amide bonds. The molecule has 1 atom stereocenters. The van der Waals surface area contributed by atoms with Crippen molar-refractivity contribution in [2.75, 3.05) is 6.54 Å². The standard InChI is InChI=1S/C10H13N3O/c1-8-5-9(7-11-6-8)10-3-2-4-13(10)12-14/h5-7,10H,2-4H2,1H3. The van der Waals surface area contributed by atoms with Gasteiger partial charge in [-0.05, 0) is 30.9 Å². The second-order valence-corrected chi connectivity index (χ2v) is 3.70. The molecule has 2 rings (SSSR count). The first-order valence-electron chi connectivity index (χ1n) is 4.83. The highest BCUT2D eigenvalue weighted by Gasteiger charge is 2.26. The van der Waals surface area contributed by atoms with Crippen LogP contribution in [0, 0.1) is 11.8 Å². The molecule has 4 nitrogen and oxygen atoms in total. The lowest BCUT2D eigenvalue weighted by Gasteiger charge is -2.17. The molecule has 0 spiro atoms. The minimum atomic E-state index is 0.139. The molecular formula is C10H13N3O. The number of aryl methyl sites for hydroxylation is 1. The lowest BCUT2D eigenvalue weighted by Crippen LogP contribution is -2.16. The molecule has 4 heteroatoms. The van der Waals surface area contributed by atoms with Crippen LogP contribution in [0.2, 0.25) is 0 Å². The van der Waals surface area contributed by atoms with Crippen molar-refractivity contribution in [2.45, 2.75) is 25.8 Å². The highest BCUT2D eigenvalue weighted by molar-refractivity contribution is 5.20. The largest absolute Gasteiger partial charge is 0.264 e. The molecule has 14 heavy (non-hydrogen) atoms. The molecule has 74 valence electrons. The third-order valence-corrected chi connectivity index (χ3v) is 2.61. The summed E-state index contributed by atoms with van der Waals surface area (Å²) >= 11 is 0. The van der Waals surface area contributed by atoms with Gasteiger partial charge in [0.05, 0.1) is 11.3 Å². The van der Waals surface area contributed by atoms with Crippen LogP contribution < -0.4 is 0 Å². The number of aromatic nitrogens is 1. The first-order chi connectivity index (χ1) is 6.81. The van der Waals surface area contributed by atoms with E-state index in [4.69, 9.17) is 0 Å². The molecule has 1 saturated heterocycles. The van der Waals surface area contributed by atoms with Crippen molar-refractivity contribution in [1.29, 1.82) is 0 Å². The van der Waals surface area contributed by atoms with Crippen molar-refractivity contribution in [3.63, 3.8) is 0 Å². The van der Waals surface area contributed by atoms with Gasteiger partial charge in [0.2, 0.25) is 0 Å². The number of nitroso groups, excluding NO2 is 1. The quantitative estimate of drug-likeness (QED) is 0.673. The van der Waals surface area contributed by atoms with Crippen LogP contribution in [0.4, 0.5) is 0 Å². The van der Waals surface area contributed by atoms with Gasteiger partial charge in [-0.2, -0.15) is 0 Å². The van der Waals surface area contributed by atoms with Crippen molar-refractivity contribution in [3.8, 4) is 0 Å². The zero-order valence-corrected chi connectivity index (χ0v) is 8.18. The van der Waals surface area contributed by atoms with Crippen molar-refractivity contribution in [1.82, 2.24) is 9.99 Å². The van der Waals surface area contributed by atoms with E-state index in [0.717, 1.165) is 30.5 Å². The van der Waals surface area contributed by atoms with E-state index in [1.54, 1.807) is 5.01 Å². The maximum absolute atomic E-state index is 10.5. The number of pyridine rings is 1. The van der Waals surface area contributed by atoms with Crippen LogP contribution in [-0.2, 0) is 0 Å². The Bertz CT molecular complexity index is 340. The Morgan fingerprint density at radius 3 is 3.14 bits per heavy atom. The van der Waals surface area contributed by atoms with Crippen molar-refractivity contribution < 1.29 is 0 Å². The average Bonchev–Trinajstić information content (AvgIpc) is 2.65. The highest BCUT2D eigenvalue weighted by atomic mass is 16.3. The molecule has 2 heterocycles. The second-order valence-electron chi connectivity index (χ2n) is 3.70. The summed E-state index contributed by atoms with van der Waals surface area (Å²) in [6.45, 7) is 2.77. The van der Waals surface area contributed by atoms with Gasteiger partial charge in [0.15, 0.2) is 0 Å². The predicted octanol–water partition coefficient (Wildman–Crippen LogP) is 2.21. The van der Waals surface area contributed by atoms with Crippen LogP contribution in [0.5, 0.6) is 0 Å². The molecular weight excluding hydrogens is 178 g/mol. The van der Waals surface area contributed by atoms with Gasteiger partial charge in [0.1, 0.15) is 0 Å². The number of nitrogens with zero attached hydrogens (tertiary/aromatic N) is 3. The Hall–Kier alpha value is -1.45. The van der Waals surface area contributed by atoms with Gasteiger partial charge in [-0.25, -0.2) is 0 Å². The fourth-order valence-corrected chi connectivity index (χ4v) is 1.95. The molecule has 0 N–H and O–H groups in total. The fourth-order valence-electron chi connectivity index (χ4n) is 1.95. The van der Waals surface area contributed by atoms with Gasteiger partial charge in [0, 0.05) is 18.9 Å². The summed E-state index contributed by atoms with van der Waals surface area (Å²) < 4.78 is 0. The first-order valence-corrected chi connectivity index (χ1v) is 4.83. The summed E-state index contributed by atoms with van der Waals surface area (Å²) in [5, 5.41) is 4.64. The number of hydrogen-bond acceptors (Lipinski definition) is 3. The Morgan fingerprint density at radius 1 is 1.57 bits per heavy atom. The number of hydrogen-bond donors (Lipinski definition) is 0. The third kappa shape index (κ3) is 1.60. The molecule has 0 aliphatic carbocycles. The van der Waals surface area contributed by atoms with E-state index < -0.39 is 0 Å². The average molecular weight is 191 g/mol. The second kappa shape index (κ2) is 3.74. The smallest absolute Gasteiger partial charge is 0.0767 e. The van der Waals surface area contributed by atoms with Gasteiger partial charge in [0.25, 0.3) is 0 Å². The summed E-state index contributed by atoms with van der Waals surface area (Å²) in [7, 11) is 0. The van der Waals surface area contributed by atoms with Gasteiger partial charge >= 0.3 is 0 Å². The van der Waals surface area contributed by atoms with E-state index in [9.17, 15) is 4.91 Å².